The molecular formula is C16H15F2N3O. The lowest BCUT2D eigenvalue weighted by Gasteiger charge is -2.14. The molecule has 1 fully saturated rings. The number of nitrogens with one attached hydrogen (secondary N) is 1. The number of hydrogen-bond acceptors (Lipinski definition) is 3. The van der Waals surface area contributed by atoms with E-state index in [4.69, 9.17) is 10.1 Å². The molecule has 2 atom stereocenters. The maximum Gasteiger partial charge on any atom is 0.234 e. The summed E-state index contributed by atoms with van der Waals surface area (Å²) >= 11 is 0. The molecule has 2 aliphatic rings. The summed E-state index contributed by atoms with van der Waals surface area (Å²) < 4.78 is 33.9. The summed E-state index contributed by atoms with van der Waals surface area (Å²) in [5.41, 5.74) is 2.67. The van der Waals surface area contributed by atoms with Gasteiger partial charge in [0.25, 0.3) is 0 Å². The van der Waals surface area contributed by atoms with E-state index in [9.17, 15) is 8.78 Å². The predicted molar refractivity (Wildman–Crippen MR) is 76.7 cm³/mol. The lowest BCUT2D eigenvalue weighted by Crippen LogP contribution is -2.08. The molecular weight excluding hydrogens is 288 g/mol. The molecule has 1 aromatic carbocycles. The second-order valence-corrected chi connectivity index (χ2v) is 5.90. The minimum absolute atomic E-state index is 0.00919. The smallest absolute Gasteiger partial charge is 0.234 e. The topological polar surface area (TPSA) is 50.9 Å². The summed E-state index contributed by atoms with van der Waals surface area (Å²) in [6, 6.07) is 3.48. The van der Waals surface area contributed by atoms with Crippen LogP contribution in [0.5, 0.6) is 0 Å². The van der Waals surface area contributed by atoms with Gasteiger partial charge in [0.1, 0.15) is 11.5 Å². The van der Waals surface area contributed by atoms with Crippen LogP contribution in [0.1, 0.15) is 48.0 Å². The van der Waals surface area contributed by atoms with Crippen molar-refractivity contribution in [2.45, 2.75) is 31.1 Å². The van der Waals surface area contributed by atoms with Crippen molar-refractivity contribution in [1.29, 1.82) is 5.41 Å². The first-order chi connectivity index (χ1) is 10.6. The highest BCUT2D eigenvalue weighted by molar-refractivity contribution is 5.92. The second kappa shape index (κ2) is 4.63. The quantitative estimate of drug-likeness (QED) is 0.682. The van der Waals surface area contributed by atoms with Gasteiger partial charge in [-0.1, -0.05) is 0 Å². The highest BCUT2D eigenvalue weighted by Crippen LogP contribution is 2.54. The number of fused-ring (bicyclic) bond motifs is 5. The minimum Gasteiger partial charge on any atom is -0.480 e. The number of aromatic nitrogens is 2. The zero-order valence-electron chi connectivity index (χ0n) is 12.1. The molecule has 22 heavy (non-hydrogen) atoms. The summed E-state index contributed by atoms with van der Waals surface area (Å²) in [5.74, 6) is -0.580. The van der Waals surface area contributed by atoms with Gasteiger partial charge in [-0.3, -0.25) is 5.41 Å². The summed E-state index contributed by atoms with van der Waals surface area (Å²) in [6.45, 7) is 0. The molecule has 1 aromatic heterocycles. The fourth-order valence-corrected chi connectivity index (χ4v) is 3.83. The van der Waals surface area contributed by atoms with E-state index in [2.05, 4.69) is 5.10 Å². The molecule has 0 spiro atoms. The normalized spacial score (nSPS) is 22.0. The van der Waals surface area contributed by atoms with Crippen molar-refractivity contribution in [2.75, 3.05) is 7.11 Å². The molecule has 0 saturated heterocycles. The van der Waals surface area contributed by atoms with E-state index in [1.54, 1.807) is 0 Å². The molecule has 1 N–H and O–H groups in total. The highest BCUT2D eigenvalue weighted by atomic mass is 19.1. The van der Waals surface area contributed by atoms with E-state index >= 15 is 0 Å². The minimum atomic E-state index is -0.649. The zero-order valence-corrected chi connectivity index (χ0v) is 12.1. The predicted octanol–water partition coefficient (Wildman–Crippen LogP) is 3.49. The van der Waals surface area contributed by atoms with Gasteiger partial charge in [-0.15, -0.1) is 0 Å². The number of nitrogens with zero attached hydrogens (tertiary/aromatic N) is 2. The van der Waals surface area contributed by atoms with Crippen molar-refractivity contribution >= 4 is 5.90 Å². The van der Waals surface area contributed by atoms with Crippen LogP contribution in [0.15, 0.2) is 18.2 Å². The van der Waals surface area contributed by atoms with E-state index in [0.717, 1.165) is 36.6 Å². The van der Waals surface area contributed by atoms with Crippen LogP contribution in [0.25, 0.3) is 5.69 Å². The average Bonchev–Trinajstić information content (AvgIpc) is 3.18. The summed E-state index contributed by atoms with van der Waals surface area (Å²) in [6.07, 6.45) is 3.13. The largest absolute Gasteiger partial charge is 0.480 e. The Hall–Kier alpha value is -2.24. The summed E-state index contributed by atoms with van der Waals surface area (Å²) in [7, 11) is 1.43. The zero-order chi connectivity index (χ0) is 15.4. The monoisotopic (exact) mass is 303 g/mol. The number of halogens is 2. The van der Waals surface area contributed by atoms with Crippen LogP contribution in [0.2, 0.25) is 0 Å². The molecule has 4 rings (SSSR count). The Morgan fingerprint density at radius 1 is 1.32 bits per heavy atom. The van der Waals surface area contributed by atoms with Gasteiger partial charge >= 0.3 is 0 Å². The fourth-order valence-electron chi connectivity index (χ4n) is 3.83. The average molecular weight is 303 g/mol. The third kappa shape index (κ3) is 1.73. The van der Waals surface area contributed by atoms with Crippen LogP contribution in [-0.4, -0.2) is 22.8 Å². The van der Waals surface area contributed by atoms with Gasteiger partial charge in [-0.05, 0) is 37.3 Å². The second-order valence-electron chi connectivity index (χ2n) is 5.90. The third-order valence-corrected chi connectivity index (χ3v) is 4.74. The molecule has 1 saturated carbocycles. The first-order valence-corrected chi connectivity index (χ1v) is 7.31. The van der Waals surface area contributed by atoms with E-state index in [0.29, 0.717) is 17.5 Å². The number of ether oxygens (including phenoxy) is 1. The summed E-state index contributed by atoms with van der Waals surface area (Å²) in [5, 5.41) is 12.3. The van der Waals surface area contributed by atoms with Gasteiger partial charge in [-0.25, -0.2) is 13.5 Å². The Kier molecular flexibility index (Phi) is 2.82. The summed E-state index contributed by atoms with van der Waals surface area (Å²) in [4.78, 5) is 0. The van der Waals surface area contributed by atoms with E-state index in [1.165, 1.54) is 23.9 Å². The van der Waals surface area contributed by atoms with Gasteiger partial charge in [0.2, 0.25) is 5.90 Å². The van der Waals surface area contributed by atoms with Crippen molar-refractivity contribution in [3.63, 3.8) is 0 Å². The standard InChI is InChI=1S/C16H15F2N3O/c1-22-16(19)14-13-8-2-3-9(6-8)15(13)21(20-14)12-5-4-10(17)7-11(12)18/h4-5,7-9,19H,2-3,6H2,1H3/t8-,9+/m0/s1. The van der Waals surface area contributed by atoms with Crippen molar-refractivity contribution in [1.82, 2.24) is 9.78 Å². The maximum atomic E-state index is 14.2. The Labute approximate surface area is 126 Å². The van der Waals surface area contributed by atoms with Crippen LogP contribution in [0.4, 0.5) is 8.78 Å². The molecule has 0 amide bonds. The van der Waals surface area contributed by atoms with Crippen molar-refractivity contribution in [2.24, 2.45) is 0 Å². The van der Waals surface area contributed by atoms with Crippen LogP contribution >= 0.6 is 0 Å². The van der Waals surface area contributed by atoms with Gasteiger partial charge in [0, 0.05) is 17.5 Å². The van der Waals surface area contributed by atoms with Crippen molar-refractivity contribution in [3.8, 4) is 5.69 Å². The first-order valence-electron chi connectivity index (χ1n) is 7.31. The van der Waals surface area contributed by atoms with E-state index < -0.39 is 11.6 Å². The Morgan fingerprint density at radius 3 is 2.82 bits per heavy atom. The van der Waals surface area contributed by atoms with Crippen LogP contribution in [0.3, 0.4) is 0 Å². The highest BCUT2D eigenvalue weighted by Gasteiger charge is 2.44. The van der Waals surface area contributed by atoms with Gasteiger partial charge in [0.15, 0.2) is 11.5 Å². The Balaban J connectivity index is 1.94. The Morgan fingerprint density at radius 2 is 2.09 bits per heavy atom. The SMILES string of the molecule is COC(=N)c1nn(-c2ccc(F)cc2F)c2c1[C@H]1CC[C@@H]2C1. The molecule has 4 nitrogen and oxygen atoms in total. The number of methoxy groups -OCH3 is 1. The van der Waals surface area contributed by atoms with Crippen LogP contribution < -0.4 is 0 Å². The fraction of sp³-hybridized carbons (Fsp3) is 0.375. The van der Waals surface area contributed by atoms with E-state index in [-0.39, 0.29) is 11.6 Å². The molecule has 0 unspecified atom stereocenters. The van der Waals surface area contributed by atoms with Gasteiger partial charge in [-0.2, -0.15) is 5.10 Å². The maximum absolute atomic E-state index is 14.2. The van der Waals surface area contributed by atoms with Crippen molar-refractivity contribution < 1.29 is 13.5 Å². The van der Waals surface area contributed by atoms with Crippen molar-refractivity contribution in [3.05, 3.63) is 46.8 Å². The van der Waals surface area contributed by atoms with E-state index in [1.807, 2.05) is 0 Å². The van der Waals surface area contributed by atoms with Crippen LogP contribution in [-0.2, 0) is 4.74 Å². The molecule has 1 heterocycles. The Bertz CT molecular complexity index is 784. The third-order valence-electron chi connectivity index (χ3n) is 4.74. The lowest BCUT2D eigenvalue weighted by atomic mass is 9.95. The number of benzene rings is 1. The van der Waals surface area contributed by atoms with Gasteiger partial charge in [0.05, 0.1) is 12.8 Å². The lowest BCUT2D eigenvalue weighted by molar-refractivity contribution is 0.398. The molecule has 0 radical (unpaired) electrons. The molecule has 114 valence electrons. The van der Waals surface area contributed by atoms with Crippen LogP contribution in [0, 0.1) is 17.0 Å². The molecule has 0 aliphatic heterocycles. The molecule has 2 aromatic rings. The molecule has 2 aliphatic carbocycles. The number of hydrogen-bond donors (Lipinski definition) is 1. The molecule has 2 bridgehead atoms. The van der Waals surface area contributed by atoms with Gasteiger partial charge < -0.3 is 4.74 Å². The number of rotatable bonds is 2. The first kappa shape index (κ1) is 13.4. The molecule has 6 heteroatoms.